The highest BCUT2D eigenvalue weighted by Crippen LogP contribution is 2.06. The van der Waals surface area contributed by atoms with Gasteiger partial charge < -0.3 is 0 Å². The first kappa shape index (κ1) is 10.7. The molecule has 0 aliphatic heterocycles. The molecule has 0 bridgehead atoms. The second kappa shape index (κ2) is 4.77. The smallest absolute Gasteiger partial charge is 0.258 e. The SMILES string of the molecule is Cc1ccccc1C(=O)NC(=O)CCl. The molecule has 1 rings (SSSR count). The quantitative estimate of drug-likeness (QED) is 0.754. The van der Waals surface area contributed by atoms with Crippen LogP contribution in [0.1, 0.15) is 15.9 Å². The van der Waals surface area contributed by atoms with E-state index in [4.69, 9.17) is 11.6 Å². The van der Waals surface area contributed by atoms with Crippen LogP contribution in [0.5, 0.6) is 0 Å². The van der Waals surface area contributed by atoms with Gasteiger partial charge in [-0.2, -0.15) is 0 Å². The van der Waals surface area contributed by atoms with Gasteiger partial charge in [0.25, 0.3) is 5.91 Å². The first-order valence-corrected chi connectivity index (χ1v) is 4.64. The van der Waals surface area contributed by atoms with Crippen LogP contribution in [0.2, 0.25) is 0 Å². The number of amides is 2. The molecule has 0 unspecified atom stereocenters. The van der Waals surface area contributed by atoms with Gasteiger partial charge in [-0.15, -0.1) is 11.6 Å². The normalized spacial score (nSPS) is 9.57. The molecule has 0 saturated heterocycles. The minimum atomic E-state index is -0.486. The van der Waals surface area contributed by atoms with Crippen molar-refractivity contribution in [3.05, 3.63) is 35.4 Å². The van der Waals surface area contributed by atoms with Gasteiger partial charge in [-0.05, 0) is 18.6 Å². The lowest BCUT2D eigenvalue weighted by Gasteiger charge is -2.04. The van der Waals surface area contributed by atoms with E-state index in [2.05, 4.69) is 5.32 Å². The van der Waals surface area contributed by atoms with Crippen LogP contribution < -0.4 is 5.32 Å². The number of hydrogen-bond acceptors (Lipinski definition) is 2. The summed E-state index contributed by atoms with van der Waals surface area (Å²) in [5, 5.41) is 2.18. The number of carbonyl (C=O) groups excluding carboxylic acids is 2. The van der Waals surface area contributed by atoms with Crippen LogP contribution in [0.3, 0.4) is 0 Å². The number of rotatable bonds is 2. The number of carbonyl (C=O) groups is 2. The third-order valence-corrected chi connectivity index (χ3v) is 2.01. The lowest BCUT2D eigenvalue weighted by atomic mass is 10.1. The third kappa shape index (κ3) is 2.57. The monoisotopic (exact) mass is 211 g/mol. The molecule has 3 nitrogen and oxygen atoms in total. The van der Waals surface area contributed by atoms with Crippen molar-refractivity contribution in [3.63, 3.8) is 0 Å². The molecule has 0 fully saturated rings. The highest BCUT2D eigenvalue weighted by Gasteiger charge is 2.10. The largest absolute Gasteiger partial charge is 0.291 e. The molecule has 0 spiro atoms. The number of hydrogen-bond donors (Lipinski definition) is 1. The number of benzene rings is 1. The number of alkyl halides is 1. The second-order valence-corrected chi connectivity index (χ2v) is 3.09. The molecule has 0 radical (unpaired) electrons. The Morgan fingerprint density at radius 3 is 2.57 bits per heavy atom. The van der Waals surface area contributed by atoms with Gasteiger partial charge >= 0.3 is 0 Å². The first-order chi connectivity index (χ1) is 6.65. The van der Waals surface area contributed by atoms with Crippen molar-refractivity contribution in [2.45, 2.75) is 6.92 Å². The molecule has 14 heavy (non-hydrogen) atoms. The zero-order valence-corrected chi connectivity index (χ0v) is 8.47. The maximum absolute atomic E-state index is 11.4. The maximum atomic E-state index is 11.4. The molecular weight excluding hydrogens is 202 g/mol. The number of aryl methyl sites for hydroxylation is 1. The van der Waals surface area contributed by atoms with Crippen molar-refractivity contribution in [1.29, 1.82) is 0 Å². The van der Waals surface area contributed by atoms with Crippen LogP contribution in [-0.4, -0.2) is 17.7 Å². The van der Waals surface area contributed by atoms with E-state index < -0.39 is 11.8 Å². The summed E-state index contributed by atoms with van der Waals surface area (Å²) in [7, 11) is 0. The lowest BCUT2D eigenvalue weighted by molar-refractivity contribution is -0.117. The predicted molar refractivity (Wildman–Crippen MR) is 54.4 cm³/mol. The van der Waals surface area contributed by atoms with Gasteiger partial charge in [-0.1, -0.05) is 18.2 Å². The standard InChI is InChI=1S/C10H10ClNO2/c1-7-4-2-3-5-8(7)10(14)12-9(13)6-11/h2-5H,6H2,1H3,(H,12,13,14). The molecule has 4 heteroatoms. The Morgan fingerprint density at radius 1 is 1.36 bits per heavy atom. The Labute approximate surface area is 87.1 Å². The number of halogens is 1. The molecule has 1 aromatic carbocycles. The minimum Gasteiger partial charge on any atom is -0.291 e. The van der Waals surface area contributed by atoms with Crippen LogP contribution in [0.25, 0.3) is 0 Å². The molecule has 0 atom stereocenters. The van der Waals surface area contributed by atoms with Crippen LogP contribution in [0, 0.1) is 6.92 Å². The summed E-state index contributed by atoms with van der Waals surface area (Å²) in [6, 6.07) is 7.04. The fourth-order valence-corrected chi connectivity index (χ4v) is 1.12. The van der Waals surface area contributed by atoms with E-state index in [0.717, 1.165) is 5.56 Å². The topological polar surface area (TPSA) is 46.2 Å². The second-order valence-electron chi connectivity index (χ2n) is 2.83. The highest BCUT2D eigenvalue weighted by molar-refractivity contribution is 6.28. The Kier molecular flexibility index (Phi) is 3.65. The van der Waals surface area contributed by atoms with Crippen molar-refractivity contribution in [3.8, 4) is 0 Å². The van der Waals surface area contributed by atoms with Crippen LogP contribution in [0.4, 0.5) is 0 Å². The molecular formula is C10H10ClNO2. The summed E-state index contributed by atoms with van der Waals surface area (Å²) < 4.78 is 0. The van der Waals surface area contributed by atoms with Gasteiger partial charge in [0.05, 0.1) is 0 Å². The van der Waals surface area contributed by atoms with Crippen LogP contribution in [-0.2, 0) is 4.79 Å². The molecule has 0 aliphatic carbocycles. The predicted octanol–water partition coefficient (Wildman–Crippen LogP) is 1.49. The molecule has 0 aromatic heterocycles. The summed E-state index contributed by atoms with van der Waals surface area (Å²) in [5.41, 5.74) is 1.32. The fraction of sp³-hybridized carbons (Fsp3) is 0.200. The number of imide groups is 1. The van der Waals surface area contributed by atoms with E-state index in [-0.39, 0.29) is 5.88 Å². The van der Waals surface area contributed by atoms with Gasteiger partial charge in [0.15, 0.2) is 0 Å². The van der Waals surface area contributed by atoms with E-state index in [1.54, 1.807) is 25.1 Å². The Hall–Kier alpha value is -1.35. The van der Waals surface area contributed by atoms with Crippen molar-refractivity contribution in [2.75, 3.05) is 5.88 Å². The summed E-state index contributed by atoms with van der Waals surface area (Å²) >= 11 is 5.26. The van der Waals surface area contributed by atoms with E-state index in [9.17, 15) is 9.59 Å². The Bertz CT molecular complexity index is 363. The van der Waals surface area contributed by atoms with Crippen LogP contribution in [0.15, 0.2) is 24.3 Å². The first-order valence-electron chi connectivity index (χ1n) is 4.11. The van der Waals surface area contributed by atoms with Crippen molar-refractivity contribution < 1.29 is 9.59 Å². The molecule has 1 N–H and O–H groups in total. The van der Waals surface area contributed by atoms with Gasteiger partial charge in [-0.3, -0.25) is 14.9 Å². The van der Waals surface area contributed by atoms with E-state index in [1.807, 2.05) is 6.07 Å². The van der Waals surface area contributed by atoms with E-state index >= 15 is 0 Å². The lowest BCUT2D eigenvalue weighted by Crippen LogP contribution is -2.31. The van der Waals surface area contributed by atoms with Crippen LogP contribution >= 0.6 is 11.6 Å². The molecule has 74 valence electrons. The average Bonchev–Trinajstić information content (AvgIpc) is 2.18. The zero-order chi connectivity index (χ0) is 10.6. The fourth-order valence-electron chi connectivity index (χ4n) is 1.06. The molecule has 0 heterocycles. The molecule has 1 aromatic rings. The Balaban J connectivity index is 2.80. The molecule has 0 saturated carbocycles. The van der Waals surface area contributed by atoms with E-state index in [0.29, 0.717) is 5.56 Å². The summed E-state index contributed by atoms with van der Waals surface area (Å²) in [4.78, 5) is 22.3. The average molecular weight is 212 g/mol. The third-order valence-electron chi connectivity index (χ3n) is 1.76. The zero-order valence-electron chi connectivity index (χ0n) is 7.71. The molecule has 2 amide bonds. The van der Waals surface area contributed by atoms with Crippen molar-refractivity contribution in [2.24, 2.45) is 0 Å². The summed E-state index contributed by atoms with van der Waals surface area (Å²) in [6.45, 7) is 1.81. The Morgan fingerprint density at radius 2 is 2.00 bits per heavy atom. The summed E-state index contributed by atoms with van der Waals surface area (Å²) in [5.74, 6) is -1.11. The highest BCUT2D eigenvalue weighted by atomic mass is 35.5. The van der Waals surface area contributed by atoms with Crippen molar-refractivity contribution in [1.82, 2.24) is 5.32 Å². The maximum Gasteiger partial charge on any atom is 0.258 e. The van der Waals surface area contributed by atoms with E-state index in [1.165, 1.54) is 0 Å². The van der Waals surface area contributed by atoms with Gasteiger partial charge in [-0.25, -0.2) is 0 Å². The minimum absolute atomic E-state index is 0.211. The van der Waals surface area contributed by atoms with Crippen molar-refractivity contribution >= 4 is 23.4 Å². The molecule has 0 aliphatic rings. The van der Waals surface area contributed by atoms with Gasteiger partial charge in [0, 0.05) is 5.56 Å². The number of nitrogens with one attached hydrogen (secondary N) is 1. The van der Waals surface area contributed by atoms with Gasteiger partial charge in [0.2, 0.25) is 5.91 Å². The summed E-state index contributed by atoms with van der Waals surface area (Å²) in [6.07, 6.45) is 0. The van der Waals surface area contributed by atoms with Gasteiger partial charge in [0.1, 0.15) is 5.88 Å².